The minimum atomic E-state index is -0.618. The van der Waals surface area contributed by atoms with Crippen molar-refractivity contribution in [2.45, 2.75) is 6.92 Å². The number of aryl methyl sites for hydroxylation is 1. The normalized spacial score (nSPS) is 10.4. The van der Waals surface area contributed by atoms with Crippen LogP contribution in [0.1, 0.15) is 5.89 Å². The first-order valence-electron chi connectivity index (χ1n) is 4.00. The van der Waals surface area contributed by atoms with E-state index < -0.39 is 11.5 Å². The molecule has 1 aromatic heterocycles. The van der Waals surface area contributed by atoms with Crippen molar-refractivity contribution in [2.75, 3.05) is 0 Å². The van der Waals surface area contributed by atoms with Crippen molar-refractivity contribution in [2.24, 2.45) is 0 Å². The Morgan fingerprint density at radius 2 is 2.14 bits per heavy atom. The molecule has 4 nitrogen and oxygen atoms in total. The summed E-state index contributed by atoms with van der Waals surface area (Å²) >= 11 is 0. The van der Waals surface area contributed by atoms with Crippen LogP contribution in [0.3, 0.4) is 0 Å². The highest BCUT2D eigenvalue weighted by atomic mass is 19.1. The Balaban J connectivity index is 2.66. The minimum absolute atomic E-state index is 0.0677. The van der Waals surface area contributed by atoms with Crippen molar-refractivity contribution >= 4 is 0 Å². The van der Waals surface area contributed by atoms with Crippen LogP contribution in [0.25, 0.3) is 5.69 Å². The maximum absolute atomic E-state index is 13.2. The predicted octanol–water partition coefficient (Wildman–Crippen LogP) is 1.27. The highest BCUT2D eigenvalue weighted by Crippen LogP contribution is 2.10. The molecule has 0 atom stereocenters. The van der Waals surface area contributed by atoms with E-state index in [0.29, 0.717) is 0 Å². The summed E-state index contributed by atoms with van der Waals surface area (Å²) in [6.45, 7) is 1.53. The SMILES string of the molecule is Cc1nc(=O)n(-c2ccccc2F)o1. The Bertz CT molecular complexity index is 516. The molecule has 72 valence electrons. The molecule has 0 radical (unpaired) electrons. The Hall–Kier alpha value is -1.91. The van der Waals surface area contributed by atoms with E-state index in [1.165, 1.54) is 25.1 Å². The lowest BCUT2D eigenvalue weighted by molar-refractivity contribution is 0.314. The summed E-state index contributed by atoms with van der Waals surface area (Å²) in [7, 11) is 0. The molecule has 0 unspecified atom stereocenters. The van der Waals surface area contributed by atoms with Crippen LogP contribution in [-0.2, 0) is 0 Å². The summed E-state index contributed by atoms with van der Waals surface area (Å²) in [5, 5.41) is 0. The van der Waals surface area contributed by atoms with Crippen LogP contribution in [0.2, 0.25) is 0 Å². The van der Waals surface area contributed by atoms with Gasteiger partial charge in [-0.2, -0.15) is 4.98 Å². The first kappa shape index (κ1) is 8.68. The highest BCUT2D eigenvalue weighted by molar-refractivity contribution is 5.30. The van der Waals surface area contributed by atoms with Crippen molar-refractivity contribution in [3.05, 3.63) is 46.5 Å². The first-order chi connectivity index (χ1) is 6.68. The number of hydrogen-bond acceptors (Lipinski definition) is 3. The third-order valence-corrected chi connectivity index (χ3v) is 1.72. The van der Waals surface area contributed by atoms with E-state index in [-0.39, 0.29) is 11.6 Å². The Kier molecular flexibility index (Phi) is 1.92. The Morgan fingerprint density at radius 1 is 1.43 bits per heavy atom. The molecule has 0 bridgehead atoms. The second-order valence-electron chi connectivity index (χ2n) is 2.75. The fourth-order valence-corrected chi connectivity index (χ4v) is 1.14. The van der Waals surface area contributed by atoms with E-state index in [2.05, 4.69) is 4.98 Å². The molecular formula is C9H7FN2O2. The zero-order chi connectivity index (χ0) is 10.1. The molecule has 0 amide bonds. The second-order valence-corrected chi connectivity index (χ2v) is 2.75. The summed E-state index contributed by atoms with van der Waals surface area (Å²) in [4.78, 5) is 14.7. The number of rotatable bonds is 1. The maximum Gasteiger partial charge on any atom is 0.384 e. The van der Waals surface area contributed by atoms with Crippen molar-refractivity contribution in [3.63, 3.8) is 0 Å². The molecule has 0 spiro atoms. The van der Waals surface area contributed by atoms with E-state index in [0.717, 1.165) is 4.74 Å². The second kappa shape index (κ2) is 3.10. The maximum atomic E-state index is 13.2. The van der Waals surface area contributed by atoms with Crippen LogP contribution in [0.15, 0.2) is 33.6 Å². The van der Waals surface area contributed by atoms with Crippen molar-refractivity contribution in [1.29, 1.82) is 0 Å². The quantitative estimate of drug-likeness (QED) is 0.686. The standard InChI is InChI=1S/C9H7FN2O2/c1-6-11-9(13)12(14-6)8-5-3-2-4-7(8)10/h2-5H,1H3. The van der Waals surface area contributed by atoms with Gasteiger partial charge >= 0.3 is 5.69 Å². The summed E-state index contributed by atoms with van der Waals surface area (Å²) in [6, 6.07) is 5.84. The average molecular weight is 194 g/mol. The summed E-state index contributed by atoms with van der Waals surface area (Å²) in [5.74, 6) is -0.316. The van der Waals surface area contributed by atoms with Gasteiger partial charge in [-0.1, -0.05) is 12.1 Å². The van der Waals surface area contributed by atoms with Crippen LogP contribution >= 0.6 is 0 Å². The number of hydrogen-bond donors (Lipinski definition) is 0. The van der Waals surface area contributed by atoms with Gasteiger partial charge in [0.2, 0.25) is 5.89 Å². The molecular weight excluding hydrogens is 187 g/mol. The molecule has 0 fully saturated rings. The van der Waals surface area contributed by atoms with Crippen LogP contribution in [0.4, 0.5) is 4.39 Å². The van der Waals surface area contributed by atoms with E-state index in [9.17, 15) is 9.18 Å². The number of para-hydroxylation sites is 1. The Labute approximate surface area is 78.6 Å². The third-order valence-electron chi connectivity index (χ3n) is 1.72. The van der Waals surface area contributed by atoms with Gasteiger partial charge in [0.25, 0.3) is 0 Å². The minimum Gasteiger partial charge on any atom is -0.355 e. The molecule has 1 aromatic carbocycles. The van der Waals surface area contributed by atoms with Crippen molar-refractivity contribution in [3.8, 4) is 5.69 Å². The number of aromatic nitrogens is 2. The van der Waals surface area contributed by atoms with Crippen LogP contribution in [-0.4, -0.2) is 9.72 Å². The number of nitrogens with zero attached hydrogens (tertiary/aromatic N) is 2. The molecule has 0 aliphatic carbocycles. The lowest BCUT2D eigenvalue weighted by Crippen LogP contribution is -2.15. The van der Waals surface area contributed by atoms with Crippen molar-refractivity contribution in [1.82, 2.24) is 9.72 Å². The zero-order valence-electron chi connectivity index (χ0n) is 7.40. The van der Waals surface area contributed by atoms with Crippen molar-refractivity contribution < 1.29 is 8.91 Å². The number of halogens is 1. The van der Waals surface area contributed by atoms with E-state index in [1.54, 1.807) is 6.07 Å². The lowest BCUT2D eigenvalue weighted by atomic mass is 10.3. The lowest BCUT2D eigenvalue weighted by Gasteiger charge is -1.98. The summed E-state index contributed by atoms with van der Waals surface area (Å²) < 4.78 is 19.0. The number of benzene rings is 1. The van der Waals surface area contributed by atoms with E-state index in [4.69, 9.17) is 4.52 Å². The molecule has 2 rings (SSSR count). The zero-order valence-corrected chi connectivity index (χ0v) is 7.40. The molecule has 0 N–H and O–H groups in total. The molecule has 14 heavy (non-hydrogen) atoms. The van der Waals surface area contributed by atoms with Gasteiger partial charge in [0.15, 0.2) is 5.82 Å². The molecule has 2 aromatic rings. The van der Waals surface area contributed by atoms with E-state index in [1.807, 2.05) is 0 Å². The van der Waals surface area contributed by atoms with Gasteiger partial charge in [0.1, 0.15) is 5.69 Å². The Morgan fingerprint density at radius 3 is 2.71 bits per heavy atom. The monoisotopic (exact) mass is 194 g/mol. The van der Waals surface area contributed by atoms with Crippen LogP contribution < -0.4 is 5.69 Å². The summed E-state index contributed by atoms with van der Waals surface area (Å²) in [6.07, 6.45) is 0. The largest absolute Gasteiger partial charge is 0.384 e. The molecule has 0 saturated carbocycles. The molecule has 0 saturated heterocycles. The molecule has 0 aliphatic heterocycles. The van der Waals surface area contributed by atoms with Crippen LogP contribution in [0, 0.1) is 12.7 Å². The van der Waals surface area contributed by atoms with Gasteiger partial charge in [0.05, 0.1) is 0 Å². The van der Waals surface area contributed by atoms with Crippen LogP contribution in [0.5, 0.6) is 0 Å². The smallest absolute Gasteiger partial charge is 0.355 e. The fourth-order valence-electron chi connectivity index (χ4n) is 1.14. The summed E-state index contributed by atoms with van der Waals surface area (Å²) in [5.41, 5.74) is -0.550. The predicted molar refractivity (Wildman–Crippen MR) is 46.8 cm³/mol. The van der Waals surface area contributed by atoms with E-state index >= 15 is 0 Å². The molecule has 5 heteroatoms. The van der Waals surface area contributed by atoms with Gasteiger partial charge in [0, 0.05) is 6.92 Å². The fraction of sp³-hybridized carbons (Fsp3) is 0.111. The molecule has 1 heterocycles. The van der Waals surface area contributed by atoms with Gasteiger partial charge in [-0.25, -0.2) is 9.18 Å². The molecule has 0 aliphatic rings. The van der Waals surface area contributed by atoms with Gasteiger partial charge in [-0.05, 0) is 12.1 Å². The first-order valence-corrected chi connectivity index (χ1v) is 4.00. The van der Waals surface area contributed by atoms with Gasteiger partial charge in [-0.3, -0.25) is 0 Å². The van der Waals surface area contributed by atoms with Gasteiger partial charge in [-0.15, -0.1) is 4.74 Å². The third kappa shape index (κ3) is 1.32. The highest BCUT2D eigenvalue weighted by Gasteiger charge is 2.10. The average Bonchev–Trinajstić information content (AvgIpc) is 2.46. The topological polar surface area (TPSA) is 48.0 Å². The van der Waals surface area contributed by atoms with Gasteiger partial charge < -0.3 is 4.52 Å².